The average Bonchev–Trinajstić information content (AvgIpc) is 1.98. The van der Waals surface area contributed by atoms with Gasteiger partial charge in [-0.3, -0.25) is 0 Å². The summed E-state index contributed by atoms with van der Waals surface area (Å²) >= 11 is 0. The molecule has 0 saturated carbocycles. The molecule has 2 atom stereocenters. The van der Waals surface area contributed by atoms with E-state index in [9.17, 15) is 0 Å². The van der Waals surface area contributed by atoms with Crippen molar-refractivity contribution in [2.24, 2.45) is 0 Å². The zero-order chi connectivity index (χ0) is 13.6. The fourth-order valence-corrected chi connectivity index (χ4v) is 6.03. The van der Waals surface area contributed by atoms with Crippen LogP contribution in [0.1, 0.15) is 41.5 Å². The summed E-state index contributed by atoms with van der Waals surface area (Å²) in [4.78, 5) is 0. The van der Waals surface area contributed by atoms with E-state index in [2.05, 4.69) is 66.4 Å². The van der Waals surface area contributed by atoms with Crippen molar-refractivity contribution in [2.75, 3.05) is 20.4 Å². The lowest BCUT2D eigenvalue weighted by Gasteiger charge is -2.54. The van der Waals surface area contributed by atoms with E-state index in [1.165, 1.54) is 0 Å². The third kappa shape index (κ3) is 3.04. The molecule has 0 aromatic carbocycles. The zero-order valence-electron chi connectivity index (χ0n) is 11.3. The summed E-state index contributed by atoms with van der Waals surface area (Å²) in [5.41, 5.74) is 0. The van der Waals surface area contributed by atoms with E-state index in [1.807, 2.05) is 0 Å². The van der Waals surface area contributed by atoms with Crippen LogP contribution in [0.4, 0.5) is 0 Å². The van der Waals surface area contributed by atoms with E-state index in [0.29, 0.717) is 25.4 Å². The predicted molar refractivity (Wildman–Crippen MR) is 92.8 cm³/mol. The highest BCUT2D eigenvalue weighted by atomic mass is 31.2. The van der Waals surface area contributed by atoms with Gasteiger partial charge < -0.3 is 0 Å². The smallest absolute Gasteiger partial charge is 0.149 e. The van der Waals surface area contributed by atoms with Crippen LogP contribution in [0.2, 0.25) is 0 Å². The molecule has 1 nitrogen and oxygen atoms in total. The first kappa shape index (κ1) is 16.9. The summed E-state index contributed by atoms with van der Waals surface area (Å²) in [6, 6.07) is 0. The number of nitrogens with zero attached hydrogens (tertiary/aromatic N) is 1. The Bertz CT molecular complexity index is 226. The van der Waals surface area contributed by atoms with E-state index >= 15 is 0 Å². The van der Waals surface area contributed by atoms with Crippen molar-refractivity contribution in [3.05, 3.63) is 0 Å². The van der Waals surface area contributed by atoms with Gasteiger partial charge in [0.1, 0.15) is 15.1 Å². The fourth-order valence-electron chi connectivity index (χ4n) is 1.07. The second kappa shape index (κ2) is 4.56. The molecule has 0 bridgehead atoms. The number of hydrogen-bond acceptors (Lipinski definition) is 1. The first-order valence-electron chi connectivity index (χ1n) is 5.19. The van der Waals surface area contributed by atoms with E-state index in [4.69, 9.17) is 0 Å². The Kier molecular flexibility index (Phi) is 4.83. The molecule has 0 aliphatic carbocycles. The molecule has 0 saturated heterocycles. The Morgan fingerprint density at radius 3 is 1.06 bits per heavy atom. The van der Waals surface area contributed by atoms with Crippen LogP contribution in [0.5, 0.6) is 0 Å². The molecule has 0 heterocycles. The largest absolute Gasteiger partial charge is 0.155 e. The van der Waals surface area contributed by atoms with Gasteiger partial charge in [-0.2, -0.15) is 4.44 Å². The van der Waals surface area contributed by atoms with Crippen LogP contribution in [0, 0.1) is 0 Å². The van der Waals surface area contributed by atoms with Gasteiger partial charge in [-0.05, 0) is 41.5 Å². The van der Waals surface area contributed by atoms with Gasteiger partial charge in [-0.25, -0.2) is 0 Å². The van der Waals surface area contributed by atoms with Gasteiger partial charge in [0.25, 0.3) is 0 Å². The lowest BCUT2D eigenvalue weighted by Crippen LogP contribution is -2.37. The molecule has 0 fully saturated rings. The van der Waals surface area contributed by atoms with E-state index in [-0.39, 0.29) is 0 Å². The van der Waals surface area contributed by atoms with Crippen LogP contribution < -0.4 is 0 Å². The van der Waals surface area contributed by atoms with Crippen molar-refractivity contribution in [1.29, 1.82) is 0 Å². The first-order valence-corrected chi connectivity index (χ1v) is 8.67. The molecule has 0 unspecified atom stereocenters. The first-order chi connectivity index (χ1) is 6.65. The van der Waals surface area contributed by atoms with Crippen LogP contribution in [-0.4, -0.2) is 50.3 Å². The van der Waals surface area contributed by atoms with E-state index in [0.717, 1.165) is 0 Å². The normalized spacial score (nSPS) is 21.8. The highest BCUT2D eigenvalue weighted by Crippen LogP contribution is 2.79. The third-order valence-electron chi connectivity index (χ3n) is 2.81. The minimum absolute atomic E-state index is 0.427. The van der Waals surface area contributed by atoms with Crippen molar-refractivity contribution < 1.29 is 0 Å². The maximum absolute atomic E-state index is 2.99. The summed E-state index contributed by atoms with van der Waals surface area (Å²) in [7, 11) is 1.86. The molecule has 0 spiro atoms. The Morgan fingerprint density at radius 2 is 0.938 bits per heavy atom. The van der Waals surface area contributed by atoms with Crippen LogP contribution in [0.3, 0.4) is 0 Å². The minimum atomic E-state index is -0.740. The second-order valence-electron chi connectivity index (χ2n) is 5.88. The molecule has 0 aromatic rings. The third-order valence-corrected chi connectivity index (χ3v) is 10.0. The topological polar surface area (TPSA) is 3.24 Å². The van der Waals surface area contributed by atoms with Crippen LogP contribution in [-0.2, 0) is 0 Å². The van der Waals surface area contributed by atoms with Gasteiger partial charge in [0.2, 0.25) is 0 Å². The summed E-state index contributed by atoms with van der Waals surface area (Å²) < 4.78 is 2.99. The van der Waals surface area contributed by atoms with Crippen molar-refractivity contribution in [1.82, 2.24) is 4.44 Å². The molecule has 0 N–H and O–H groups in total. The van der Waals surface area contributed by atoms with Crippen LogP contribution in [0.25, 0.3) is 0 Å². The minimum Gasteiger partial charge on any atom is -0.155 e. The molecular formula is C11H33B2NP2. The Morgan fingerprint density at radius 1 is 0.750 bits per heavy atom. The Labute approximate surface area is 107 Å². The van der Waals surface area contributed by atoms with Crippen LogP contribution >= 0.6 is 14.6 Å². The molecular weight excluding hydrogens is 230 g/mol. The maximum atomic E-state index is 2.99. The van der Waals surface area contributed by atoms with Gasteiger partial charge in [0.05, 0.1) is 0 Å². The van der Waals surface area contributed by atoms with Gasteiger partial charge in [0, 0.05) is 30.7 Å². The molecule has 0 aliphatic heterocycles. The van der Waals surface area contributed by atoms with E-state index in [1.54, 1.807) is 0 Å². The maximum Gasteiger partial charge on any atom is 0.149 e. The standard InChI is InChI=1S/C11H33B2NP2/c1-10(2,3)15(8,12)14(7)16(9,13)11(4,5)6/h1-9,12-13H3/t15-,16-/m0/s1. The highest BCUT2D eigenvalue weighted by Gasteiger charge is 2.49. The predicted octanol–water partition coefficient (Wildman–Crippen LogP) is 2.20. The SMILES string of the molecule is [BH3-][P@@+](C)(N(C)[P@@+]([BH3-])(C)C(C)(C)C)C(C)(C)C. The molecule has 0 amide bonds. The molecule has 0 aliphatic rings. The molecule has 0 rings (SSSR count). The Balaban J connectivity index is 5.30. The van der Waals surface area contributed by atoms with Crippen molar-refractivity contribution in [2.45, 2.75) is 51.9 Å². The summed E-state index contributed by atoms with van der Waals surface area (Å²) in [5, 5.41) is 1.12. The molecule has 5 heteroatoms. The molecule has 0 radical (unpaired) electrons. The molecule has 16 heavy (non-hydrogen) atoms. The zero-order valence-corrected chi connectivity index (χ0v) is 13.1. The summed E-state index contributed by atoms with van der Waals surface area (Å²) in [6.07, 6.45) is 0. The van der Waals surface area contributed by atoms with Crippen LogP contribution in [0.15, 0.2) is 0 Å². The second-order valence-corrected chi connectivity index (χ2v) is 12.2. The molecule has 0 aromatic heterocycles. The van der Waals surface area contributed by atoms with Crippen molar-refractivity contribution in [3.63, 3.8) is 0 Å². The number of hydrogen-bond donors (Lipinski definition) is 0. The average molecular weight is 263 g/mol. The lowest BCUT2D eigenvalue weighted by molar-refractivity contribution is 0.688. The van der Waals surface area contributed by atoms with Crippen molar-refractivity contribution >= 4 is 29.7 Å². The fraction of sp³-hybridized carbons (Fsp3) is 1.00. The number of rotatable bonds is 2. The highest BCUT2D eigenvalue weighted by molar-refractivity contribution is 8.08. The monoisotopic (exact) mass is 263 g/mol. The molecule has 98 valence electrons. The summed E-state index contributed by atoms with van der Waals surface area (Å²) in [6.45, 7) is 20.2. The van der Waals surface area contributed by atoms with Gasteiger partial charge in [0.15, 0.2) is 0 Å². The van der Waals surface area contributed by atoms with Gasteiger partial charge >= 0.3 is 0 Å². The van der Waals surface area contributed by atoms with Crippen molar-refractivity contribution in [3.8, 4) is 0 Å². The quantitative estimate of drug-likeness (QED) is 0.545. The van der Waals surface area contributed by atoms with E-state index < -0.39 is 14.6 Å². The van der Waals surface area contributed by atoms with Gasteiger partial charge in [-0.1, -0.05) is 14.6 Å². The van der Waals surface area contributed by atoms with Gasteiger partial charge in [-0.15, -0.1) is 0 Å². The Hall–Kier alpha value is 0.950. The summed E-state index contributed by atoms with van der Waals surface area (Å²) in [5.74, 6) is 0. The lowest BCUT2D eigenvalue weighted by atomic mass is 10.3.